The molecule has 57 heavy (non-hydrogen) atoms. The van der Waals surface area contributed by atoms with E-state index in [0.717, 1.165) is 17.2 Å². The Labute approximate surface area is 326 Å². The number of carbonyl (C=O) groups is 4. The number of imidazole rings is 1. The number of hydrogen-bond acceptors (Lipinski definition) is 19. The van der Waals surface area contributed by atoms with Crippen molar-refractivity contribution in [2.75, 3.05) is 37.8 Å². The summed E-state index contributed by atoms with van der Waals surface area (Å²) in [5, 5.41) is 34.4. The normalized spacial score (nSPS) is 21.3. The molecule has 7 atom stereocenters. The van der Waals surface area contributed by atoms with E-state index >= 15 is 0 Å². The lowest BCUT2D eigenvalue weighted by Gasteiger charge is -2.30. The number of aliphatic hydroxyl groups excluding tert-OH is 2. The number of aliphatic carboxylic acids is 1. The van der Waals surface area contributed by atoms with E-state index in [4.69, 9.17) is 24.6 Å². The minimum atomic E-state index is -5.60. The summed E-state index contributed by atoms with van der Waals surface area (Å²) in [7, 11) is -16.5. The third-order valence-corrected chi connectivity index (χ3v) is 11.6. The van der Waals surface area contributed by atoms with Crippen molar-refractivity contribution in [2.45, 2.75) is 50.9 Å². The van der Waals surface area contributed by atoms with Gasteiger partial charge in [0.05, 0.1) is 25.1 Å². The minimum absolute atomic E-state index is 0.00203. The predicted octanol–water partition coefficient (Wildman–Crippen LogP) is -1.14. The molecule has 1 fully saturated rings. The summed E-state index contributed by atoms with van der Waals surface area (Å²) < 4.78 is 61.9. The fourth-order valence-corrected chi connectivity index (χ4v) is 8.13. The van der Waals surface area contributed by atoms with Gasteiger partial charge in [-0.2, -0.15) is 4.31 Å². The zero-order valence-corrected chi connectivity index (χ0v) is 33.3. The topological polar surface area (TPSA) is 401 Å². The molecule has 0 aromatic carbocycles. The molecule has 318 valence electrons. The highest BCUT2D eigenvalue weighted by Crippen LogP contribution is 2.61. The van der Waals surface area contributed by atoms with Gasteiger partial charge in [0.2, 0.25) is 16.9 Å². The van der Waals surface area contributed by atoms with Crippen molar-refractivity contribution in [3.05, 3.63) is 37.0 Å². The number of nitrogens with zero attached hydrogens (tertiary/aromatic N) is 4. The SMILES string of the molecule is C=C(C(=C)C(=O)SCCNC(=O)CCNC(=O)C(O)C(C)(C)COP(=O)(O)OP(=O)(O)OCC1OC(n2cnc3c(N)ncnc32)C(O)C1OP(=O)(O)O)C(=O)O. The first kappa shape index (κ1) is 47.9. The quantitative estimate of drug-likeness (QED) is 0.0289. The third-order valence-electron chi connectivity index (χ3n) is 7.60. The smallest absolute Gasteiger partial charge is 0.478 e. The summed E-state index contributed by atoms with van der Waals surface area (Å²) in [4.78, 5) is 98.3. The second kappa shape index (κ2) is 19.5. The first-order valence-electron chi connectivity index (χ1n) is 15.9. The average Bonchev–Trinajstić information content (AvgIpc) is 3.67. The molecule has 11 N–H and O–H groups in total. The average molecular weight is 892 g/mol. The molecular weight excluding hydrogens is 851 g/mol. The van der Waals surface area contributed by atoms with Crippen molar-refractivity contribution in [1.82, 2.24) is 30.2 Å². The number of carboxylic acid groups (broad SMARTS) is 1. The largest absolute Gasteiger partial charge is 0.481 e. The van der Waals surface area contributed by atoms with Crippen LogP contribution in [0.2, 0.25) is 0 Å². The fourth-order valence-electron chi connectivity index (χ4n) is 4.61. The molecule has 0 spiro atoms. The van der Waals surface area contributed by atoms with Gasteiger partial charge in [-0.3, -0.25) is 32.5 Å². The lowest BCUT2D eigenvalue weighted by atomic mass is 9.87. The van der Waals surface area contributed by atoms with E-state index in [2.05, 4.69) is 47.6 Å². The number of hydrogen-bond donors (Lipinski definition) is 10. The number of nitrogen functional groups attached to an aromatic ring is 1. The van der Waals surface area contributed by atoms with Crippen LogP contribution in [-0.2, 0) is 55.5 Å². The monoisotopic (exact) mass is 891 g/mol. The second-order valence-electron chi connectivity index (χ2n) is 12.5. The number of thioether (sulfide) groups is 1. The van der Waals surface area contributed by atoms with Gasteiger partial charge in [-0.25, -0.2) is 33.4 Å². The maximum atomic E-state index is 12.7. The number of phosphoric ester groups is 3. The van der Waals surface area contributed by atoms with Gasteiger partial charge in [0.25, 0.3) is 0 Å². The molecule has 1 aliphatic rings. The van der Waals surface area contributed by atoms with Gasteiger partial charge >= 0.3 is 29.4 Å². The second-order valence-corrected chi connectivity index (χ2v) is 17.8. The summed E-state index contributed by atoms with van der Waals surface area (Å²) in [6.07, 6.45) is -7.18. The minimum Gasteiger partial charge on any atom is -0.478 e. The van der Waals surface area contributed by atoms with Gasteiger partial charge in [0, 0.05) is 36.3 Å². The summed E-state index contributed by atoms with van der Waals surface area (Å²) in [6, 6.07) is 0. The molecular formula is C27H40N7O19P3S. The molecule has 1 aliphatic heterocycles. The summed E-state index contributed by atoms with van der Waals surface area (Å²) >= 11 is 0.700. The molecule has 2 aromatic heterocycles. The van der Waals surface area contributed by atoms with E-state index in [0.29, 0.717) is 11.8 Å². The number of aliphatic hydroxyl groups is 2. The highest BCUT2D eigenvalue weighted by atomic mass is 32.2. The zero-order chi connectivity index (χ0) is 43.1. The molecule has 30 heteroatoms. The molecule has 0 radical (unpaired) electrons. The van der Waals surface area contributed by atoms with Crippen LogP contribution in [-0.4, -0.2) is 134 Å². The number of nitrogens with one attached hydrogen (secondary N) is 2. The van der Waals surface area contributed by atoms with Crippen LogP contribution in [0.3, 0.4) is 0 Å². The van der Waals surface area contributed by atoms with Crippen LogP contribution in [0.5, 0.6) is 0 Å². The van der Waals surface area contributed by atoms with E-state index in [1.807, 2.05) is 0 Å². The number of rotatable bonds is 22. The van der Waals surface area contributed by atoms with Crippen molar-refractivity contribution in [3.8, 4) is 0 Å². The Hall–Kier alpha value is -3.49. The first-order valence-corrected chi connectivity index (χ1v) is 21.4. The molecule has 3 rings (SSSR count). The Morgan fingerprint density at radius 1 is 1.04 bits per heavy atom. The number of amides is 2. The number of fused-ring (bicyclic) bond motifs is 1. The van der Waals surface area contributed by atoms with Crippen molar-refractivity contribution >= 4 is 75.1 Å². The van der Waals surface area contributed by atoms with Crippen molar-refractivity contribution in [3.63, 3.8) is 0 Å². The molecule has 0 aliphatic carbocycles. The van der Waals surface area contributed by atoms with Crippen LogP contribution in [0.25, 0.3) is 11.2 Å². The van der Waals surface area contributed by atoms with Gasteiger partial charge in [-0.1, -0.05) is 38.8 Å². The van der Waals surface area contributed by atoms with Crippen molar-refractivity contribution in [2.24, 2.45) is 5.41 Å². The first-order chi connectivity index (χ1) is 26.2. The van der Waals surface area contributed by atoms with Gasteiger partial charge in [0.15, 0.2) is 17.7 Å². The number of anilines is 1. The van der Waals surface area contributed by atoms with Gasteiger partial charge in [0.1, 0.15) is 36.3 Å². The summed E-state index contributed by atoms with van der Waals surface area (Å²) in [5.41, 5.74) is 3.41. The Bertz CT molecular complexity index is 2010. The highest BCUT2D eigenvalue weighted by molar-refractivity contribution is 8.14. The number of phosphoric acid groups is 3. The number of ether oxygens (including phenoxy) is 1. The van der Waals surface area contributed by atoms with Crippen LogP contribution >= 0.6 is 35.2 Å². The van der Waals surface area contributed by atoms with Crippen molar-refractivity contribution in [1.29, 1.82) is 0 Å². The summed E-state index contributed by atoms with van der Waals surface area (Å²) in [6.45, 7) is 6.65. The Morgan fingerprint density at radius 3 is 2.32 bits per heavy atom. The Kier molecular flexibility index (Phi) is 16.4. The lowest BCUT2D eigenvalue weighted by molar-refractivity contribution is -0.137. The molecule has 2 aromatic rings. The standard InChI is InChI=1S/C27H40N7O19P3S/c1-13(25(39)40)14(2)26(41)57-8-7-29-16(35)5-6-30-23(38)20(37)27(3,4)10-50-56(47,48)53-55(45,46)49-9-15-19(52-54(42,43)44)18(36)24(51-15)34-12-33-17-21(28)31-11-32-22(17)34/h11-12,15,18-20,24,36-37H,1-2,5-10H2,3-4H3,(H,29,35)(H,30,38)(H,39,40)(H,45,46)(H,47,48)(H2,28,31,32)(H2,42,43,44). The fraction of sp³-hybridized carbons (Fsp3) is 0.519. The van der Waals surface area contributed by atoms with E-state index in [1.165, 1.54) is 13.8 Å². The molecule has 0 bridgehead atoms. The van der Waals surface area contributed by atoms with Crippen molar-refractivity contribution < 1.29 is 90.4 Å². The predicted molar refractivity (Wildman–Crippen MR) is 193 cm³/mol. The Morgan fingerprint density at radius 2 is 1.68 bits per heavy atom. The molecule has 1 saturated heterocycles. The molecule has 26 nitrogen and oxygen atoms in total. The van der Waals surface area contributed by atoms with E-state index in [-0.39, 0.29) is 47.8 Å². The lowest BCUT2D eigenvalue weighted by Crippen LogP contribution is -2.46. The van der Waals surface area contributed by atoms with E-state index in [1.54, 1.807) is 0 Å². The van der Waals surface area contributed by atoms with Crippen LogP contribution in [0, 0.1) is 5.41 Å². The molecule has 7 unspecified atom stereocenters. The van der Waals surface area contributed by atoms with Gasteiger partial charge in [-0.15, -0.1) is 0 Å². The van der Waals surface area contributed by atoms with E-state index in [9.17, 15) is 62.7 Å². The molecule has 3 heterocycles. The van der Waals surface area contributed by atoms with E-state index < -0.39 is 101 Å². The van der Waals surface area contributed by atoms with Crippen LogP contribution in [0.1, 0.15) is 26.5 Å². The highest BCUT2D eigenvalue weighted by Gasteiger charge is 2.50. The van der Waals surface area contributed by atoms with Crippen LogP contribution in [0.15, 0.2) is 37.0 Å². The maximum absolute atomic E-state index is 12.7. The number of carbonyl (C=O) groups excluding carboxylic acids is 3. The van der Waals surface area contributed by atoms with Gasteiger partial charge < -0.3 is 56.0 Å². The maximum Gasteiger partial charge on any atom is 0.481 e. The molecule has 0 saturated carbocycles. The number of carboxylic acids is 1. The number of aromatic nitrogens is 4. The molecule has 2 amide bonds. The van der Waals surface area contributed by atoms with Crippen LogP contribution in [0.4, 0.5) is 5.82 Å². The van der Waals surface area contributed by atoms with Gasteiger partial charge in [-0.05, 0) is 0 Å². The van der Waals surface area contributed by atoms with Crippen LogP contribution < -0.4 is 16.4 Å². The third kappa shape index (κ3) is 13.8. The zero-order valence-electron chi connectivity index (χ0n) is 29.8. The summed E-state index contributed by atoms with van der Waals surface area (Å²) in [5.74, 6) is -2.99. The number of nitrogens with two attached hydrogens (primary N) is 1. The Balaban J connectivity index is 1.49.